The number of likely N-dealkylation sites (tertiary alicyclic amines) is 1. The fourth-order valence-corrected chi connectivity index (χ4v) is 4.13. The molecule has 1 saturated heterocycles. The molecule has 3 heterocycles. The SMILES string of the molecule is O=C(NCc1cnn(-c2ccccc2)c1)[C@@H]1CCCN(C(=O)c2cccs2)C1. The van der Waals surface area contributed by atoms with Gasteiger partial charge in [0.25, 0.3) is 5.91 Å². The molecule has 1 aliphatic rings. The van der Waals surface area contributed by atoms with Gasteiger partial charge in [0, 0.05) is 31.4 Å². The van der Waals surface area contributed by atoms with Gasteiger partial charge in [-0.05, 0) is 36.4 Å². The van der Waals surface area contributed by atoms with Gasteiger partial charge < -0.3 is 10.2 Å². The molecule has 3 aromatic rings. The minimum absolute atomic E-state index is 0.00357. The van der Waals surface area contributed by atoms with E-state index in [4.69, 9.17) is 0 Å². The third-order valence-electron chi connectivity index (χ3n) is 4.93. The molecule has 1 N–H and O–H groups in total. The van der Waals surface area contributed by atoms with E-state index in [1.807, 2.05) is 54.0 Å². The van der Waals surface area contributed by atoms with Crippen molar-refractivity contribution in [2.75, 3.05) is 13.1 Å². The van der Waals surface area contributed by atoms with Gasteiger partial charge in [-0.3, -0.25) is 9.59 Å². The summed E-state index contributed by atoms with van der Waals surface area (Å²) in [5.74, 6) is -0.144. The lowest BCUT2D eigenvalue weighted by molar-refractivity contribution is -0.126. The summed E-state index contributed by atoms with van der Waals surface area (Å²) < 4.78 is 1.80. The number of para-hydroxylation sites is 1. The average molecular weight is 395 g/mol. The van der Waals surface area contributed by atoms with Crippen LogP contribution >= 0.6 is 11.3 Å². The Morgan fingerprint density at radius 1 is 1.18 bits per heavy atom. The Labute approximate surface area is 167 Å². The Balaban J connectivity index is 1.32. The van der Waals surface area contributed by atoms with E-state index in [1.165, 1.54) is 11.3 Å². The van der Waals surface area contributed by atoms with Gasteiger partial charge in [-0.15, -0.1) is 11.3 Å². The van der Waals surface area contributed by atoms with Gasteiger partial charge in [0.2, 0.25) is 5.91 Å². The molecule has 2 aromatic heterocycles. The Morgan fingerprint density at radius 3 is 2.82 bits per heavy atom. The van der Waals surface area contributed by atoms with Crippen molar-refractivity contribution in [3.05, 3.63) is 70.7 Å². The lowest BCUT2D eigenvalue weighted by Crippen LogP contribution is -2.45. The normalized spacial score (nSPS) is 16.7. The maximum atomic E-state index is 12.6. The smallest absolute Gasteiger partial charge is 0.263 e. The monoisotopic (exact) mass is 394 g/mol. The van der Waals surface area contributed by atoms with Gasteiger partial charge >= 0.3 is 0 Å². The van der Waals surface area contributed by atoms with Crippen LogP contribution in [0.5, 0.6) is 0 Å². The first kappa shape index (κ1) is 18.4. The highest BCUT2D eigenvalue weighted by Crippen LogP contribution is 2.21. The Hall–Kier alpha value is -2.93. The summed E-state index contributed by atoms with van der Waals surface area (Å²) in [4.78, 5) is 27.7. The van der Waals surface area contributed by atoms with Gasteiger partial charge in [-0.1, -0.05) is 24.3 Å². The molecule has 0 saturated carbocycles. The molecule has 6 nitrogen and oxygen atoms in total. The molecule has 1 atom stereocenters. The molecule has 1 fully saturated rings. The highest BCUT2D eigenvalue weighted by Gasteiger charge is 2.29. The van der Waals surface area contributed by atoms with Gasteiger partial charge in [-0.25, -0.2) is 4.68 Å². The average Bonchev–Trinajstić information content (AvgIpc) is 3.44. The van der Waals surface area contributed by atoms with Gasteiger partial charge in [0.15, 0.2) is 0 Å². The zero-order chi connectivity index (χ0) is 19.3. The first-order valence-electron chi connectivity index (χ1n) is 9.40. The zero-order valence-electron chi connectivity index (χ0n) is 15.5. The van der Waals surface area contributed by atoms with Crippen LogP contribution in [0.25, 0.3) is 5.69 Å². The Morgan fingerprint density at radius 2 is 2.04 bits per heavy atom. The molecule has 0 aliphatic carbocycles. The number of carbonyl (C=O) groups is 2. The minimum atomic E-state index is -0.165. The maximum absolute atomic E-state index is 12.6. The fourth-order valence-electron chi connectivity index (χ4n) is 3.44. The van der Waals surface area contributed by atoms with Gasteiger partial charge in [0.05, 0.1) is 22.7 Å². The van der Waals surface area contributed by atoms with Crippen LogP contribution in [-0.4, -0.2) is 39.6 Å². The van der Waals surface area contributed by atoms with Gasteiger partial charge in [-0.2, -0.15) is 5.10 Å². The van der Waals surface area contributed by atoms with E-state index >= 15 is 0 Å². The second kappa shape index (κ2) is 8.39. The molecule has 7 heteroatoms. The van der Waals surface area contributed by atoms with Crippen molar-refractivity contribution < 1.29 is 9.59 Å². The quantitative estimate of drug-likeness (QED) is 0.723. The number of thiophene rings is 1. The number of nitrogens with one attached hydrogen (secondary N) is 1. The predicted molar refractivity (Wildman–Crippen MR) is 108 cm³/mol. The van der Waals surface area contributed by atoms with Crippen molar-refractivity contribution in [1.82, 2.24) is 20.0 Å². The number of hydrogen-bond donors (Lipinski definition) is 1. The maximum Gasteiger partial charge on any atom is 0.263 e. The van der Waals surface area contributed by atoms with Crippen molar-refractivity contribution in [3.63, 3.8) is 0 Å². The van der Waals surface area contributed by atoms with Crippen LogP contribution in [0.15, 0.2) is 60.2 Å². The number of piperidine rings is 1. The standard InChI is InChI=1S/C21H22N4O2S/c26-20(17-6-4-10-24(15-17)21(27)19-9-5-11-28-19)22-12-16-13-23-25(14-16)18-7-2-1-3-8-18/h1-3,5,7-9,11,13-14,17H,4,6,10,12,15H2,(H,22,26)/t17-/m1/s1. The zero-order valence-corrected chi connectivity index (χ0v) is 16.3. The van der Waals surface area contributed by atoms with E-state index in [1.54, 1.807) is 15.8 Å². The van der Waals surface area contributed by atoms with Crippen LogP contribution < -0.4 is 5.32 Å². The van der Waals surface area contributed by atoms with Crippen molar-refractivity contribution in [2.45, 2.75) is 19.4 Å². The Bertz CT molecular complexity index is 936. The summed E-state index contributed by atoms with van der Waals surface area (Å²) in [5, 5.41) is 9.25. The summed E-state index contributed by atoms with van der Waals surface area (Å²) in [7, 11) is 0. The molecular weight excluding hydrogens is 372 g/mol. The number of amides is 2. The molecule has 1 aliphatic heterocycles. The van der Waals surface area contributed by atoms with Crippen LogP contribution in [0.2, 0.25) is 0 Å². The number of rotatable bonds is 5. The third kappa shape index (κ3) is 4.14. The Kier molecular flexibility index (Phi) is 5.53. The van der Waals surface area contributed by atoms with E-state index in [0.717, 1.165) is 29.0 Å². The van der Waals surface area contributed by atoms with Crippen LogP contribution in [0.3, 0.4) is 0 Å². The molecule has 0 unspecified atom stereocenters. The van der Waals surface area contributed by atoms with Crippen molar-refractivity contribution in [2.24, 2.45) is 5.92 Å². The minimum Gasteiger partial charge on any atom is -0.352 e. The summed E-state index contributed by atoms with van der Waals surface area (Å²) in [6.45, 7) is 1.62. The number of nitrogens with zero attached hydrogens (tertiary/aromatic N) is 3. The third-order valence-corrected chi connectivity index (χ3v) is 5.79. The van der Waals surface area contributed by atoms with Crippen molar-refractivity contribution >= 4 is 23.2 Å². The van der Waals surface area contributed by atoms with E-state index in [0.29, 0.717) is 19.6 Å². The topological polar surface area (TPSA) is 67.2 Å². The van der Waals surface area contributed by atoms with Crippen LogP contribution in [0.4, 0.5) is 0 Å². The van der Waals surface area contributed by atoms with E-state index in [2.05, 4.69) is 10.4 Å². The molecular formula is C21H22N4O2S. The number of benzene rings is 1. The molecule has 144 valence electrons. The summed E-state index contributed by atoms with van der Waals surface area (Å²) >= 11 is 1.44. The molecule has 0 spiro atoms. The fraction of sp³-hybridized carbons (Fsp3) is 0.286. The van der Waals surface area contributed by atoms with Crippen LogP contribution in [-0.2, 0) is 11.3 Å². The number of hydrogen-bond acceptors (Lipinski definition) is 4. The molecule has 0 bridgehead atoms. The highest BCUT2D eigenvalue weighted by molar-refractivity contribution is 7.12. The van der Waals surface area contributed by atoms with Crippen LogP contribution in [0.1, 0.15) is 28.1 Å². The lowest BCUT2D eigenvalue weighted by atomic mass is 9.97. The summed E-state index contributed by atoms with van der Waals surface area (Å²) in [5.41, 5.74) is 1.93. The first-order valence-corrected chi connectivity index (χ1v) is 10.3. The van der Waals surface area contributed by atoms with E-state index in [9.17, 15) is 9.59 Å². The highest BCUT2D eigenvalue weighted by atomic mass is 32.1. The molecule has 1 aromatic carbocycles. The molecule has 2 amide bonds. The van der Waals surface area contributed by atoms with Crippen molar-refractivity contribution in [3.8, 4) is 5.69 Å². The first-order chi connectivity index (χ1) is 13.7. The molecule has 0 radical (unpaired) electrons. The van der Waals surface area contributed by atoms with Crippen LogP contribution in [0, 0.1) is 5.92 Å². The number of aromatic nitrogens is 2. The predicted octanol–water partition coefficient (Wildman–Crippen LogP) is 3.10. The molecule has 4 rings (SSSR count). The molecule has 28 heavy (non-hydrogen) atoms. The second-order valence-corrected chi connectivity index (χ2v) is 7.86. The van der Waals surface area contributed by atoms with E-state index in [-0.39, 0.29) is 17.7 Å². The lowest BCUT2D eigenvalue weighted by Gasteiger charge is -2.31. The van der Waals surface area contributed by atoms with Gasteiger partial charge in [0.1, 0.15) is 0 Å². The number of carbonyl (C=O) groups excluding carboxylic acids is 2. The summed E-state index contributed by atoms with van der Waals surface area (Å²) in [6, 6.07) is 13.6. The second-order valence-electron chi connectivity index (χ2n) is 6.91. The summed E-state index contributed by atoms with van der Waals surface area (Å²) in [6.07, 6.45) is 5.34. The van der Waals surface area contributed by atoms with Crippen molar-refractivity contribution in [1.29, 1.82) is 0 Å². The van der Waals surface area contributed by atoms with E-state index < -0.39 is 0 Å². The largest absolute Gasteiger partial charge is 0.352 e.